The fourth-order valence-corrected chi connectivity index (χ4v) is 7.47. The van der Waals surface area contributed by atoms with Crippen LogP contribution in [0.25, 0.3) is 49.9 Å². The van der Waals surface area contributed by atoms with E-state index in [0.29, 0.717) is 0 Å². The molecule has 2 aliphatic rings. The van der Waals surface area contributed by atoms with Crippen LogP contribution in [0, 0.1) is 6.07 Å². The Bertz CT molecular complexity index is 2230. The van der Waals surface area contributed by atoms with Gasteiger partial charge in [-0.25, -0.2) is 0 Å². The monoisotopic (exact) mass is 774 g/mol. The average Bonchev–Trinajstić information content (AvgIpc) is 3.66. The minimum Gasteiger partial charge on any atom is -0.512 e. The summed E-state index contributed by atoms with van der Waals surface area (Å²) in [6.45, 7) is 2.85. The minimum atomic E-state index is -0.419. The maximum absolute atomic E-state index is 10.0. The van der Waals surface area contributed by atoms with Gasteiger partial charge < -0.3 is 14.7 Å². The van der Waals surface area contributed by atoms with E-state index in [-0.39, 0.29) is 31.6 Å². The van der Waals surface area contributed by atoms with Crippen LogP contribution in [0.4, 0.5) is 0 Å². The Kier molecular flexibility index (Phi) is 7.32. The number of hydrogen-bond acceptors (Lipinski definition) is 3. The van der Waals surface area contributed by atoms with E-state index >= 15 is 0 Å². The first-order valence-corrected chi connectivity index (χ1v) is 15.1. The summed E-state index contributed by atoms with van der Waals surface area (Å²) in [4.78, 5) is 14.9. The Labute approximate surface area is 281 Å². The van der Waals surface area contributed by atoms with Crippen molar-refractivity contribution >= 4 is 27.6 Å². The van der Waals surface area contributed by atoms with Crippen LogP contribution in [0.3, 0.4) is 0 Å². The minimum absolute atomic E-state index is 0. The maximum Gasteiger partial charge on any atom is 0.155 e. The molecular weight excluding hydrogens is 745 g/mol. The van der Waals surface area contributed by atoms with Crippen LogP contribution in [-0.2, 0) is 30.3 Å². The molecule has 0 atom stereocenters. The molecule has 7 aromatic rings. The number of allylic oxidation sites excluding steroid dienone is 2. The van der Waals surface area contributed by atoms with Crippen molar-refractivity contribution in [2.75, 3.05) is 0 Å². The fraction of sp³-hybridized carbons (Fsp3) is 0.0732. The van der Waals surface area contributed by atoms with Crippen LogP contribution in [0.1, 0.15) is 36.1 Å². The predicted molar refractivity (Wildman–Crippen MR) is 181 cm³/mol. The molecule has 1 radical (unpaired) electrons. The molecule has 4 nitrogen and oxygen atoms in total. The quantitative estimate of drug-likeness (QED) is 0.108. The third kappa shape index (κ3) is 4.23. The molecule has 2 aromatic heterocycles. The molecule has 2 heterocycles. The third-order valence-electron chi connectivity index (χ3n) is 8.98. The zero-order valence-corrected chi connectivity index (χ0v) is 27.7. The SMILES string of the molecule is CC(=O)/C=C(/C)O.[Ir].[c-]1cc(-n2c3ccccc3c3ccccc32)cc2c1-c1ncccc1C21c2ccccc2-c2ccccc21. The van der Waals surface area contributed by atoms with Crippen molar-refractivity contribution in [1.82, 2.24) is 9.55 Å². The standard InChI is InChI=1S/C36H21N2.C5H8O2.Ir/c1-5-14-29-24(10-1)25-11-2-6-15-30(25)36(29)31-16-9-21-37-35(31)28-20-19-23(22-32(28)36)38-33-17-7-3-12-26(33)27-13-4-8-18-34(27)38;1-4(6)3-5(2)7;/h1-19,21-22H;3,6H,1-2H3;/q-1;;/b;4-3-;. The van der Waals surface area contributed by atoms with Crippen molar-refractivity contribution in [3.05, 3.63) is 168 Å². The maximum atomic E-state index is 10.0. The van der Waals surface area contributed by atoms with Crippen LogP contribution in [0.2, 0.25) is 0 Å². The van der Waals surface area contributed by atoms with Gasteiger partial charge >= 0.3 is 0 Å². The van der Waals surface area contributed by atoms with Gasteiger partial charge in [-0.15, -0.1) is 29.3 Å². The third-order valence-corrected chi connectivity index (χ3v) is 8.98. The summed E-state index contributed by atoms with van der Waals surface area (Å²) in [5, 5.41) is 10.9. The zero-order chi connectivity index (χ0) is 30.7. The van der Waals surface area contributed by atoms with Crippen molar-refractivity contribution in [3.8, 4) is 28.1 Å². The molecule has 0 unspecified atom stereocenters. The Balaban J connectivity index is 0.000000384. The van der Waals surface area contributed by atoms with Gasteiger partial charge in [0.1, 0.15) is 0 Å². The first kappa shape index (κ1) is 29.6. The molecule has 225 valence electrons. The smallest absolute Gasteiger partial charge is 0.155 e. The average molecular weight is 774 g/mol. The second-order valence-electron chi connectivity index (χ2n) is 11.7. The van der Waals surface area contributed by atoms with E-state index in [9.17, 15) is 4.79 Å². The van der Waals surface area contributed by atoms with Crippen molar-refractivity contribution in [2.45, 2.75) is 19.3 Å². The van der Waals surface area contributed by atoms with Gasteiger partial charge in [0.25, 0.3) is 0 Å². The Hall–Kier alpha value is -5.09. The molecule has 0 fully saturated rings. The Morgan fingerprint density at radius 2 is 1.28 bits per heavy atom. The van der Waals surface area contributed by atoms with Gasteiger partial charge in [-0.3, -0.25) is 4.79 Å². The second kappa shape index (κ2) is 11.4. The first-order chi connectivity index (χ1) is 22.0. The number of benzene rings is 5. The summed E-state index contributed by atoms with van der Waals surface area (Å²) in [7, 11) is 0. The molecule has 2 aliphatic carbocycles. The Morgan fingerprint density at radius 3 is 1.85 bits per heavy atom. The molecule has 1 N–H and O–H groups in total. The van der Waals surface area contributed by atoms with Gasteiger partial charge in [0.05, 0.1) is 5.76 Å². The van der Waals surface area contributed by atoms with Crippen LogP contribution in [0.15, 0.2) is 139 Å². The van der Waals surface area contributed by atoms with Gasteiger partial charge in [0.2, 0.25) is 0 Å². The number of hydrogen-bond donors (Lipinski definition) is 1. The first-order valence-electron chi connectivity index (χ1n) is 15.1. The molecule has 9 rings (SSSR count). The van der Waals surface area contributed by atoms with Crippen LogP contribution in [0.5, 0.6) is 0 Å². The van der Waals surface area contributed by atoms with Crippen molar-refractivity contribution in [2.24, 2.45) is 0 Å². The van der Waals surface area contributed by atoms with Gasteiger partial charge in [-0.2, -0.15) is 0 Å². The van der Waals surface area contributed by atoms with Crippen molar-refractivity contribution in [3.63, 3.8) is 0 Å². The molecule has 0 aliphatic heterocycles. The number of nitrogens with zero attached hydrogens (tertiary/aromatic N) is 2. The molecule has 0 saturated carbocycles. The summed E-state index contributed by atoms with van der Waals surface area (Å²) in [5.74, 6) is -0.0625. The largest absolute Gasteiger partial charge is 0.512 e. The van der Waals surface area contributed by atoms with Crippen LogP contribution >= 0.6 is 0 Å². The summed E-state index contributed by atoms with van der Waals surface area (Å²) >= 11 is 0. The molecule has 0 saturated heterocycles. The zero-order valence-electron chi connectivity index (χ0n) is 25.3. The van der Waals surface area contributed by atoms with Gasteiger partial charge in [0.15, 0.2) is 5.78 Å². The second-order valence-corrected chi connectivity index (χ2v) is 11.7. The summed E-state index contributed by atoms with van der Waals surface area (Å²) in [5.41, 5.74) is 13.0. The molecule has 5 heteroatoms. The molecule has 46 heavy (non-hydrogen) atoms. The van der Waals surface area contributed by atoms with E-state index in [1.54, 1.807) is 0 Å². The number of ketones is 1. The molecule has 0 amide bonds. The van der Waals surface area contributed by atoms with Gasteiger partial charge in [-0.05, 0) is 65.7 Å². The predicted octanol–water partition coefficient (Wildman–Crippen LogP) is 9.36. The van der Waals surface area contributed by atoms with Gasteiger partial charge in [0, 0.05) is 59.6 Å². The van der Waals surface area contributed by atoms with E-state index in [1.807, 2.05) is 6.20 Å². The van der Waals surface area contributed by atoms with E-state index < -0.39 is 5.41 Å². The van der Waals surface area contributed by atoms with Crippen LogP contribution < -0.4 is 0 Å². The summed E-state index contributed by atoms with van der Waals surface area (Å²) in [6, 6.07) is 47.7. The molecule has 5 aromatic carbocycles. The van der Waals surface area contributed by atoms with E-state index in [2.05, 4.69) is 132 Å². The summed E-state index contributed by atoms with van der Waals surface area (Å²) < 4.78 is 2.39. The van der Waals surface area contributed by atoms with E-state index in [1.165, 1.54) is 75.1 Å². The number of fused-ring (bicyclic) bond motifs is 13. The van der Waals surface area contributed by atoms with E-state index in [4.69, 9.17) is 10.1 Å². The number of carbonyl (C=O) groups excluding carboxylic acids is 1. The molecule has 1 spiro atoms. The van der Waals surface area contributed by atoms with Gasteiger partial charge in [-0.1, -0.05) is 96.6 Å². The molecular formula is C41H29IrN2O2-. The number of carbonyl (C=O) groups is 1. The Morgan fingerprint density at radius 1 is 0.739 bits per heavy atom. The normalized spacial score (nSPS) is 13.3. The number of pyridine rings is 1. The van der Waals surface area contributed by atoms with E-state index in [0.717, 1.165) is 16.9 Å². The number of aliphatic hydroxyl groups excluding tert-OH is 1. The molecule has 0 bridgehead atoms. The summed E-state index contributed by atoms with van der Waals surface area (Å²) in [6.07, 6.45) is 3.07. The number of aromatic nitrogens is 2. The number of aliphatic hydroxyl groups is 1. The number of rotatable bonds is 2. The number of para-hydroxylation sites is 2. The van der Waals surface area contributed by atoms with Crippen molar-refractivity contribution < 1.29 is 30.0 Å². The topological polar surface area (TPSA) is 55.1 Å². The van der Waals surface area contributed by atoms with Crippen LogP contribution in [-0.4, -0.2) is 20.4 Å². The van der Waals surface area contributed by atoms with Crippen molar-refractivity contribution in [1.29, 1.82) is 0 Å². The fourth-order valence-electron chi connectivity index (χ4n) is 7.47.